The average Bonchev–Trinajstić information content (AvgIpc) is 2.82. The van der Waals surface area contributed by atoms with Crippen LogP contribution in [0.1, 0.15) is 10.6 Å². The molecule has 0 aliphatic rings. The van der Waals surface area contributed by atoms with Crippen molar-refractivity contribution in [1.82, 2.24) is 4.98 Å². The molecular formula is C11H8BrNO2S2. The molecule has 88 valence electrons. The zero-order chi connectivity index (χ0) is 12.4. The lowest BCUT2D eigenvalue weighted by Crippen LogP contribution is -1.85. The molecule has 2 heterocycles. The van der Waals surface area contributed by atoms with Crippen molar-refractivity contribution in [3.63, 3.8) is 0 Å². The van der Waals surface area contributed by atoms with E-state index >= 15 is 0 Å². The van der Waals surface area contributed by atoms with Gasteiger partial charge in [-0.1, -0.05) is 0 Å². The zero-order valence-corrected chi connectivity index (χ0v) is 12.0. The predicted molar refractivity (Wildman–Crippen MR) is 74.5 cm³/mol. The van der Waals surface area contributed by atoms with Crippen LogP contribution < -0.4 is 0 Å². The summed E-state index contributed by atoms with van der Waals surface area (Å²) in [6.45, 7) is 1.88. The topological polar surface area (TPSA) is 50.2 Å². The van der Waals surface area contributed by atoms with Crippen molar-refractivity contribution in [2.75, 3.05) is 0 Å². The van der Waals surface area contributed by atoms with Crippen molar-refractivity contribution in [1.29, 1.82) is 0 Å². The van der Waals surface area contributed by atoms with E-state index in [0.29, 0.717) is 0 Å². The van der Waals surface area contributed by atoms with Crippen LogP contribution in [0.5, 0.6) is 0 Å². The van der Waals surface area contributed by atoms with Gasteiger partial charge in [-0.2, -0.15) is 0 Å². The molecule has 0 bridgehead atoms. The summed E-state index contributed by atoms with van der Waals surface area (Å²) in [5.41, 5.74) is 0.854. The molecule has 0 aromatic carbocycles. The van der Waals surface area contributed by atoms with Crippen LogP contribution in [0.2, 0.25) is 0 Å². The molecule has 0 radical (unpaired) electrons. The minimum Gasteiger partial charge on any atom is -0.478 e. The first kappa shape index (κ1) is 12.5. The van der Waals surface area contributed by atoms with Crippen LogP contribution in [0.15, 0.2) is 22.0 Å². The number of rotatable bonds is 3. The second-order valence-corrected chi connectivity index (χ2v) is 6.74. The fourth-order valence-corrected chi connectivity index (χ4v) is 3.65. The number of hydrogen-bond donors (Lipinski definition) is 1. The summed E-state index contributed by atoms with van der Waals surface area (Å²) >= 11 is 6.52. The van der Waals surface area contributed by atoms with Crippen molar-refractivity contribution < 1.29 is 9.90 Å². The van der Waals surface area contributed by atoms with E-state index in [-0.39, 0.29) is 0 Å². The van der Waals surface area contributed by atoms with Crippen LogP contribution in [0.3, 0.4) is 0 Å². The molecular weight excluding hydrogens is 322 g/mol. The maximum atomic E-state index is 10.5. The highest BCUT2D eigenvalue weighted by Gasteiger charge is 2.09. The zero-order valence-electron chi connectivity index (χ0n) is 8.81. The molecule has 0 spiro atoms. The number of carbonyl (C=O) groups is 1. The molecule has 2 aromatic heterocycles. The molecule has 2 rings (SSSR count). The number of thiazole rings is 1. The molecule has 0 unspecified atom stereocenters. The van der Waals surface area contributed by atoms with E-state index in [2.05, 4.69) is 20.9 Å². The third-order valence-electron chi connectivity index (χ3n) is 1.99. The van der Waals surface area contributed by atoms with Crippen LogP contribution in [0, 0.1) is 6.92 Å². The molecule has 0 aliphatic carbocycles. The van der Waals surface area contributed by atoms with Gasteiger partial charge >= 0.3 is 5.97 Å². The molecule has 0 aliphatic heterocycles. The molecule has 0 saturated heterocycles. The first-order valence-corrected chi connectivity index (χ1v) is 7.13. The first-order valence-electron chi connectivity index (χ1n) is 4.70. The Hall–Kier alpha value is -0.980. The number of aliphatic carboxylic acids is 1. The van der Waals surface area contributed by atoms with Gasteiger partial charge in [0.15, 0.2) is 0 Å². The van der Waals surface area contributed by atoms with Gasteiger partial charge in [0.2, 0.25) is 0 Å². The van der Waals surface area contributed by atoms with Gasteiger partial charge in [0.1, 0.15) is 5.01 Å². The van der Waals surface area contributed by atoms with Crippen LogP contribution >= 0.6 is 38.6 Å². The minimum absolute atomic E-state index is 0.854. The number of carboxylic acids is 1. The molecule has 3 nitrogen and oxygen atoms in total. The molecule has 0 saturated carbocycles. The summed E-state index contributed by atoms with van der Waals surface area (Å²) in [6.07, 6.45) is 2.72. The molecule has 6 heteroatoms. The fourth-order valence-electron chi connectivity index (χ4n) is 1.24. The van der Waals surface area contributed by atoms with Gasteiger partial charge in [-0.05, 0) is 41.1 Å². The molecule has 0 fully saturated rings. The van der Waals surface area contributed by atoms with Crippen molar-refractivity contribution in [3.8, 4) is 9.88 Å². The smallest absolute Gasteiger partial charge is 0.328 e. The summed E-state index contributed by atoms with van der Waals surface area (Å²) < 4.78 is 1.06. The fraction of sp³-hybridized carbons (Fsp3) is 0.0909. The van der Waals surface area contributed by atoms with E-state index in [0.717, 1.165) is 30.3 Å². The van der Waals surface area contributed by atoms with Gasteiger partial charge in [0.05, 0.1) is 19.2 Å². The number of halogens is 1. The Labute approximate surface area is 115 Å². The third kappa shape index (κ3) is 3.02. The normalized spacial score (nSPS) is 11.2. The molecule has 1 N–H and O–H groups in total. The van der Waals surface area contributed by atoms with Crippen molar-refractivity contribution in [3.05, 3.63) is 32.6 Å². The lowest BCUT2D eigenvalue weighted by Gasteiger charge is -1.85. The Kier molecular flexibility index (Phi) is 3.76. The van der Waals surface area contributed by atoms with Crippen LogP contribution in [-0.4, -0.2) is 16.1 Å². The second-order valence-electron chi connectivity index (χ2n) is 3.24. The van der Waals surface area contributed by atoms with Crippen LogP contribution in [0.25, 0.3) is 16.0 Å². The Morgan fingerprint density at radius 3 is 2.82 bits per heavy atom. The van der Waals surface area contributed by atoms with Crippen molar-refractivity contribution >= 4 is 50.6 Å². The average molecular weight is 330 g/mol. The highest BCUT2D eigenvalue weighted by atomic mass is 79.9. The van der Waals surface area contributed by atoms with E-state index in [4.69, 9.17) is 5.11 Å². The lowest BCUT2D eigenvalue weighted by atomic mass is 10.3. The first-order chi connectivity index (χ1) is 8.06. The molecule has 2 aromatic rings. The Balaban J connectivity index is 2.33. The van der Waals surface area contributed by atoms with E-state index in [1.807, 2.05) is 19.1 Å². The van der Waals surface area contributed by atoms with Gasteiger partial charge in [-0.15, -0.1) is 22.7 Å². The van der Waals surface area contributed by atoms with Gasteiger partial charge in [-0.3, -0.25) is 0 Å². The predicted octanol–water partition coefficient (Wildman–Crippen LogP) is 4.04. The summed E-state index contributed by atoms with van der Waals surface area (Å²) in [6, 6.07) is 3.97. The monoisotopic (exact) mass is 329 g/mol. The van der Waals surface area contributed by atoms with Crippen molar-refractivity contribution in [2.45, 2.75) is 6.92 Å². The summed E-state index contributed by atoms with van der Waals surface area (Å²) in [5, 5.41) is 9.51. The van der Waals surface area contributed by atoms with Gasteiger partial charge in [-0.25, -0.2) is 9.78 Å². The van der Waals surface area contributed by atoms with Gasteiger partial charge in [0, 0.05) is 6.08 Å². The number of aryl methyl sites for hydroxylation is 1. The summed E-state index contributed by atoms with van der Waals surface area (Å²) in [5.74, 6) is -0.946. The molecule has 0 amide bonds. The van der Waals surface area contributed by atoms with Gasteiger partial charge in [0.25, 0.3) is 0 Å². The molecule has 0 atom stereocenters. The number of thiophene rings is 1. The highest BCUT2D eigenvalue weighted by molar-refractivity contribution is 9.11. The van der Waals surface area contributed by atoms with Crippen LogP contribution in [-0.2, 0) is 4.79 Å². The number of hydrogen-bond acceptors (Lipinski definition) is 4. The Bertz CT molecular complexity index is 586. The summed E-state index contributed by atoms with van der Waals surface area (Å²) in [4.78, 5) is 16.9. The Morgan fingerprint density at radius 2 is 2.24 bits per heavy atom. The number of carboxylic acid groups (broad SMARTS) is 1. The SMILES string of the molecule is Cc1nc(-c2ccc(Br)s2)sc1/C=C/C(=O)O. The van der Waals surface area contributed by atoms with E-state index < -0.39 is 5.97 Å². The van der Waals surface area contributed by atoms with Crippen LogP contribution in [0.4, 0.5) is 0 Å². The number of nitrogens with zero attached hydrogens (tertiary/aromatic N) is 1. The number of aromatic nitrogens is 1. The second kappa shape index (κ2) is 5.12. The quantitative estimate of drug-likeness (QED) is 0.864. The summed E-state index contributed by atoms with van der Waals surface area (Å²) in [7, 11) is 0. The van der Waals surface area contributed by atoms with E-state index in [9.17, 15) is 4.79 Å². The molecule has 17 heavy (non-hydrogen) atoms. The highest BCUT2D eigenvalue weighted by Crippen LogP contribution is 2.35. The standard InChI is InChI=1S/C11H8BrNO2S2/c1-6-7(3-5-10(14)15)17-11(13-6)8-2-4-9(12)16-8/h2-5H,1H3,(H,14,15)/b5-3+. The third-order valence-corrected chi connectivity index (χ3v) is 4.91. The van der Waals surface area contributed by atoms with E-state index in [1.165, 1.54) is 11.3 Å². The van der Waals surface area contributed by atoms with Gasteiger partial charge < -0.3 is 5.11 Å². The lowest BCUT2D eigenvalue weighted by molar-refractivity contribution is -0.131. The van der Waals surface area contributed by atoms with E-state index in [1.54, 1.807) is 17.4 Å². The minimum atomic E-state index is -0.946. The maximum Gasteiger partial charge on any atom is 0.328 e. The maximum absolute atomic E-state index is 10.5. The van der Waals surface area contributed by atoms with Crippen molar-refractivity contribution in [2.24, 2.45) is 0 Å². The Morgan fingerprint density at radius 1 is 1.47 bits per heavy atom. The largest absolute Gasteiger partial charge is 0.478 e.